The molecule has 1 fully saturated rings. The van der Waals surface area contributed by atoms with Crippen LogP contribution in [-0.4, -0.2) is 53.2 Å². The zero-order valence-electron chi connectivity index (χ0n) is 18.0. The van der Waals surface area contributed by atoms with E-state index >= 15 is 0 Å². The van der Waals surface area contributed by atoms with Gasteiger partial charge in [0.15, 0.2) is 0 Å². The number of amides is 2. The highest BCUT2D eigenvalue weighted by Gasteiger charge is 2.20. The van der Waals surface area contributed by atoms with Crippen LogP contribution in [0.25, 0.3) is 0 Å². The van der Waals surface area contributed by atoms with E-state index in [0.29, 0.717) is 53.9 Å². The number of anilines is 1. The third-order valence-corrected chi connectivity index (χ3v) is 6.25. The molecule has 166 valence electrons. The summed E-state index contributed by atoms with van der Waals surface area (Å²) >= 11 is 1.45. The van der Waals surface area contributed by atoms with Gasteiger partial charge in [0.1, 0.15) is 10.8 Å². The first-order valence-electron chi connectivity index (χ1n) is 10.3. The summed E-state index contributed by atoms with van der Waals surface area (Å²) in [6.07, 6.45) is 1.66. The number of aryl methyl sites for hydroxylation is 2. The van der Waals surface area contributed by atoms with Crippen LogP contribution in [0.15, 0.2) is 52.1 Å². The minimum Gasteiger partial charge on any atom is -0.378 e. The average molecular weight is 453 g/mol. The molecular weight excluding hydrogens is 428 g/mol. The first kappa shape index (κ1) is 22.0. The monoisotopic (exact) mass is 452 g/mol. The molecule has 9 heteroatoms. The zero-order chi connectivity index (χ0) is 22.5. The number of benzene rings is 1. The van der Waals surface area contributed by atoms with Crippen LogP contribution >= 0.6 is 11.8 Å². The number of hydrogen-bond donors (Lipinski definition) is 1. The molecule has 0 aliphatic carbocycles. The number of rotatable bonds is 6. The number of pyridine rings is 1. The second kappa shape index (κ2) is 9.97. The maximum absolute atomic E-state index is 13.0. The van der Waals surface area contributed by atoms with Crippen molar-refractivity contribution in [1.82, 2.24) is 15.0 Å². The summed E-state index contributed by atoms with van der Waals surface area (Å²) in [5.41, 5.74) is 3.39. The molecule has 3 aromatic rings. The van der Waals surface area contributed by atoms with Gasteiger partial charge >= 0.3 is 0 Å². The van der Waals surface area contributed by atoms with Gasteiger partial charge < -0.3 is 19.5 Å². The molecule has 0 unspecified atom stereocenters. The number of carbonyl (C=O) groups excluding carboxylic acids is 2. The highest BCUT2D eigenvalue weighted by molar-refractivity contribution is 7.98. The molecule has 32 heavy (non-hydrogen) atoms. The van der Waals surface area contributed by atoms with Crippen molar-refractivity contribution in [3.05, 3.63) is 70.7 Å². The van der Waals surface area contributed by atoms with E-state index < -0.39 is 0 Å². The normalized spacial score (nSPS) is 13.8. The van der Waals surface area contributed by atoms with E-state index in [9.17, 15) is 9.59 Å². The van der Waals surface area contributed by atoms with E-state index in [4.69, 9.17) is 9.26 Å². The van der Waals surface area contributed by atoms with Crippen LogP contribution in [0.2, 0.25) is 0 Å². The summed E-state index contributed by atoms with van der Waals surface area (Å²) < 4.78 is 10.5. The Bertz CT molecular complexity index is 1110. The molecule has 1 saturated heterocycles. The molecule has 4 rings (SSSR count). The molecule has 0 saturated carbocycles. The Labute approximate surface area is 190 Å². The van der Waals surface area contributed by atoms with Gasteiger partial charge in [-0.05, 0) is 44.2 Å². The van der Waals surface area contributed by atoms with E-state index in [1.807, 2.05) is 13.8 Å². The van der Waals surface area contributed by atoms with Crippen LogP contribution in [0.1, 0.15) is 37.7 Å². The number of nitrogens with one attached hydrogen (secondary N) is 1. The molecule has 2 amide bonds. The largest absolute Gasteiger partial charge is 0.378 e. The molecule has 0 bridgehead atoms. The minimum atomic E-state index is -0.282. The predicted octanol–water partition coefficient (Wildman–Crippen LogP) is 3.70. The van der Waals surface area contributed by atoms with Crippen LogP contribution in [0, 0.1) is 13.8 Å². The van der Waals surface area contributed by atoms with Gasteiger partial charge in [-0.1, -0.05) is 11.2 Å². The van der Waals surface area contributed by atoms with Gasteiger partial charge in [-0.2, -0.15) is 0 Å². The van der Waals surface area contributed by atoms with Crippen molar-refractivity contribution in [3.63, 3.8) is 0 Å². The third-order valence-electron chi connectivity index (χ3n) is 5.22. The predicted molar refractivity (Wildman–Crippen MR) is 121 cm³/mol. The molecular formula is C23H24N4O4S. The SMILES string of the molecule is Cc1noc(C)c1CSc1ncccc1C(=O)Nc1cccc(C(=O)N2CCOCC2)c1. The van der Waals surface area contributed by atoms with Crippen LogP contribution < -0.4 is 5.32 Å². The highest BCUT2D eigenvalue weighted by atomic mass is 32.2. The van der Waals surface area contributed by atoms with E-state index in [-0.39, 0.29) is 11.8 Å². The number of carbonyl (C=O) groups is 2. The maximum Gasteiger partial charge on any atom is 0.258 e. The van der Waals surface area contributed by atoms with Gasteiger partial charge in [0.2, 0.25) is 0 Å². The lowest BCUT2D eigenvalue weighted by Gasteiger charge is -2.27. The first-order chi connectivity index (χ1) is 15.5. The number of nitrogens with zero attached hydrogens (tertiary/aromatic N) is 3. The molecule has 3 heterocycles. The second-order valence-electron chi connectivity index (χ2n) is 7.39. The molecule has 0 spiro atoms. The molecule has 1 aliphatic heterocycles. The fourth-order valence-corrected chi connectivity index (χ4v) is 4.55. The van der Waals surface area contributed by atoms with E-state index in [0.717, 1.165) is 17.0 Å². The molecule has 0 atom stereocenters. The Morgan fingerprint density at radius 3 is 2.72 bits per heavy atom. The van der Waals surface area contributed by atoms with Gasteiger partial charge in [0.25, 0.3) is 11.8 Å². The smallest absolute Gasteiger partial charge is 0.258 e. The lowest BCUT2D eigenvalue weighted by Crippen LogP contribution is -2.40. The zero-order valence-corrected chi connectivity index (χ0v) is 18.8. The molecule has 1 N–H and O–H groups in total. The lowest BCUT2D eigenvalue weighted by molar-refractivity contribution is 0.0303. The Hall–Kier alpha value is -3.17. The lowest BCUT2D eigenvalue weighted by atomic mass is 10.1. The first-order valence-corrected chi connectivity index (χ1v) is 11.3. The Balaban J connectivity index is 1.47. The van der Waals surface area contributed by atoms with Crippen molar-refractivity contribution in [2.24, 2.45) is 0 Å². The second-order valence-corrected chi connectivity index (χ2v) is 8.35. The summed E-state index contributed by atoms with van der Waals surface area (Å²) in [6, 6.07) is 10.4. The van der Waals surface area contributed by atoms with Gasteiger partial charge in [0, 0.05) is 41.9 Å². The summed E-state index contributed by atoms with van der Waals surface area (Å²) in [7, 11) is 0. The highest BCUT2D eigenvalue weighted by Crippen LogP contribution is 2.27. The van der Waals surface area contributed by atoms with Crippen molar-refractivity contribution in [2.45, 2.75) is 24.6 Å². The number of morpholine rings is 1. The van der Waals surface area contributed by atoms with Gasteiger partial charge in [-0.25, -0.2) is 4.98 Å². The fourth-order valence-electron chi connectivity index (χ4n) is 3.40. The Morgan fingerprint density at radius 2 is 1.97 bits per heavy atom. The molecule has 1 aliphatic rings. The Morgan fingerprint density at radius 1 is 1.16 bits per heavy atom. The molecule has 0 radical (unpaired) electrons. The third kappa shape index (κ3) is 5.00. The minimum absolute atomic E-state index is 0.0681. The van der Waals surface area contributed by atoms with Crippen molar-refractivity contribution in [3.8, 4) is 0 Å². The quantitative estimate of drug-likeness (QED) is 0.570. The average Bonchev–Trinajstić information content (AvgIpc) is 3.15. The van der Waals surface area contributed by atoms with Crippen molar-refractivity contribution in [2.75, 3.05) is 31.6 Å². The Kier molecular flexibility index (Phi) is 6.87. The fraction of sp³-hybridized carbons (Fsp3) is 0.304. The summed E-state index contributed by atoms with van der Waals surface area (Å²) in [5, 5.41) is 7.48. The standard InChI is InChI=1S/C23H24N4O4S/c1-15-20(16(2)31-26-15)14-32-22-19(7-4-8-24-22)21(28)25-18-6-3-5-17(13-18)23(29)27-9-11-30-12-10-27/h3-8,13H,9-12,14H2,1-2H3,(H,25,28). The van der Waals surface area contributed by atoms with Crippen LogP contribution in [0.4, 0.5) is 5.69 Å². The molecule has 1 aromatic carbocycles. The summed E-state index contributed by atoms with van der Waals surface area (Å²) in [6.45, 7) is 5.97. The van der Waals surface area contributed by atoms with Crippen LogP contribution in [0.3, 0.4) is 0 Å². The maximum atomic E-state index is 13.0. The van der Waals surface area contributed by atoms with Gasteiger partial charge in [-0.3, -0.25) is 9.59 Å². The number of thioether (sulfide) groups is 1. The van der Waals surface area contributed by atoms with E-state index in [1.165, 1.54) is 11.8 Å². The van der Waals surface area contributed by atoms with Crippen molar-refractivity contribution in [1.29, 1.82) is 0 Å². The van der Waals surface area contributed by atoms with Crippen LogP contribution in [0.5, 0.6) is 0 Å². The van der Waals surface area contributed by atoms with E-state index in [2.05, 4.69) is 15.5 Å². The topological polar surface area (TPSA) is 97.6 Å². The molecule has 8 nitrogen and oxygen atoms in total. The van der Waals surface area contributed by atoms with Crippen molar-refractivity contribution < 1.29 is 18.8 Å². The number of ether oxygens (including phenoxy) is 1. The number of hydrogen-bond acceptors (Lipinski definition) is 7. The van der Waals surface area contributed by atoms with Crippen LogP contribution in [-0.2, 0) is 10.5 Å². The van der Waals surface area contributed by atoms with Gasteiger partial charge in [0.05, 0.1) is 24.5 Å². The van der Waals surface area contributed by atoms with Crippen molar-refractivity contribution >= 4 is 29.3 Å². The van der Waals surface area contributed by atoms with Gasteiger partial charge in [-0.15, -0.1) is 11.8 Å². The van der Waals surface area contributed by atoms with E-state index in [1.54, 1.807) is 47.5 Å². The summed E-state index contributed by atoms with van der Waals surface area (Å²) in [5.74, 6) is 1.01. The molecule has 2 aromatic heterocycles. The summed E-state index contributed by atoms with van der Waals surface area (Å²) in [4.78, 5) is 31.9. The number of aromatic nitrogens is 2.